The van der Waals surface area contributed by atoms with Gasteiger partial charge in [0.05, 0.1) is 46.0 Å². The van der Waals surface area contributed by atoms with E-state index >= 15 is 0 Å². The summed E-state index contributed by atoms with van der Waals surface area (Å²) in [5.74, 6) is 1.83. The maximum absolute atomic E-state index is 13.8. The Hall–Kier alpha value is -4.81. The average molecular weight is 561 g/mol. The van der Waals surface area contributed by atoms with E-state index in [1.165, 1.54) is 7.11 Å². The lowest BCUT2D eigenvalue weighted by molar-refractivity contribution is -0.136. The van der Waals surface area contributed by atoms with Crippen LogP contribution in [0.5, 0.6) is 17.2 Å². The lowest BCUT2D eigenvalue weighted by atomic mass is 9.68. The molecular weight excluding hydrogens is 528 g/mol. The summed E-state index contributed by atoms with van der Waals surface area (Å²) in [6.45, 7) is 0.362. The number of carbonyl (C=O) groups excluding carboxylic acids is 1. The number of hydrogen-bond acceptors (Lipinski definition) is 6. The Balaban J connectivity index is 1.66. The minimum atomic E-state index is -0.707. The van der Waals surface area contributed by atoms with Crippen molar-refractivity contribution in [2.45, 2.75) is 11.5 Å². The van der Waals surface area contributed by atoms with Crippen LogP contribution < -0.4 is 14.2 Å². The van der Waals surface area contributed by atoms with Gasteiger partial charge in [0.2, 0.25) is 0 Å². The number of methoxy groups -OCH3 is 4. The first-order chi connectivity index (χ1) is 20.5. The first-order valence-electron chi connectivity index (χ1n) is 13.7. The molecule has 4 aromatic carbocycles. The lowest BCUT2D eigenvalue weighted by Gasteiger charge is -2.42. The zero-order valence-corrected chi connectivity index (χ0v) is 24.0. The van der Waals surface area contributed by atoms with Gasteiger partial charge >= 0.3 is 5.97 Å². The molecule has 1 atom stereocenters. The Morgan fingerprint density at radius 2 is 1.24 bits per heavy atom. The van der Waals surface area contributed by atoms with E-state index in [-0.39, 0.29) is 0 Å². The van der Waals surface area contributed by atoms with Crippen LogP contribution in [0.15, 0.2) is 114 Å². The minimum Gasteiger partial charge on any atom is -0.497 e. The molecule has 212 valence electrons. The summed E-state index contributed by atoms with van der Waals surface area (Å²) in [7, 11) is 6.36. The van der Waals surface area contributed by atoms with Gasteiger partial charge in [-0.05, 0) is 69.8 Å². The van der Waals surface area contributed by atoms with Gasteiger partial charge in [0.1, 0.15) is 23.4 Å². The smallest absolute Gasteiger partial charge is 0.338 e. The van der Waals surface area contributed by atoms with Gasteiger partial charge < -0.3 is 23.7 Å². The van der Waals surface area contributed by atoms with E-state index < -0.39 is 17.5 Å². The molecule has 1 unspecified atom stereocenters. The number of benzene rings is 4. The molecular formula is C36H32O6. The summed E-state index contributed by atoms with van der Waals surface area (Å²) in [5.41, 5.74) is 6.18. The van der Waals surface area contributed by atoms with Gasteiger partial charge in [0.25, 0.3) is 0 Å². The van der Waals surface area contributed by atoms with Gasteiger partial charge in [-0.25, -0.2) is 4.79 Å². The molecule has 1 aliphatic heterocycles. The number of rotatable bonds is 7. The van der Waals surface area contributed by atoms with Crippen LogP contribution in [-0.4, -0.2) is 41.0 Å². The number of hydrogen-bond donors (Lipinski definition) is 0. The first-order valence-corrected chi connectivity index (χ1v) is 13.7. The third-order valence-electron chi connectivity index (χ3n) is 8.19. The van der Waals surface area contributed by atoms with E-state index in [4.69, 9.17) is 23.7 Å². The molecule has 6 heteroatoms. The highest BCUT2D eigenvalue weighted by Crippen LogP contribution is 2.52. The Labute approximate surface area is 245 Å². The standard InChI is InChI=1S/C36H32O6/c1-38-26-15-9-23(10-16-26)32-29-7-5-6-8-30(29)34-31(33(32)35(37)41-4)21-36(22-42-34,24-11-17-27(39-2)18-12-24)25-13-19-28(40-3)20-14-25/h5-21,34H,22H2,1-4H3. The molecule has 42 heavy (non-hydrogen) atoms. The van der Waals surface area contributed by atoms with Crippen molar-refractivity contribution in [1.82, 2.24) is 0 Å². The number of carbonyl (C=O) groups is 1. The quantitative estimate of drug-likeness (QED) is 0.235. The molecule has 6 rings (SSSR count). The van der Waals surface area contributed by atoms with E-state index in [1.54, 1.807) is 21.3 Å². The molecule has 6 nitrogen and oxygen atoms in total. The lowest BCUT2D eigenvalue weighted by Crippen LogP contribution is -2.39. The molecule has 0 saturated heterocycles. The monoisotopic (exact) mass is 560 g/mol. The molecule has 0 spiro atoms. The van der Waals surface area contributed by atoms with Crippen molar-refractivity contribution in [3.8, 4) is 17.2 Å². The molecule has 1 aliphatic carbocycles. The molecule has 0 aromatic heterocycles. The molecule has 0 saturated carbocycles. The summed E-state index contributed by atoms with van der Waals surface area (Å²) in [6, 6.07) is 31.8. The second-order valence-corrected chi connectivity index (χ2v) is 10.3. The van der Waals surface area contributed by atoms with E-state index in [2.05, 4.69) is 12.1 Å². The summed E-state index contributed by atoms with van der Waals surface area (Å²) in [5, 5.41) is 0. The average Bonchev–Trinajstić information content (AvgIpc) is 3.07. The van der Waals surface area contributed by atoms with Crippen LogP contribution in [0.3, 0.4) is 0 Å². The molecule has 1 heterocycles. The Kier molecular flexibility index (Phi) is 7.31. The van der Waals surface area contributed by atoms with Crippen LogP contribution in [0, 0.1) is 0 Å². The second-order valence-electron chi connectivity index (χ2n) is 10.3. The van der Waals surface area contributed by atoms with Gasteiger partial charge in [0, 0.05) is 5.57 Å². The predicted molar refractivity (Wildman–Crippen MR) is 161 cm³/mol. The molecule has 4 aromatic rings. The third kappa shape index (κ3) is 4.54. The molecule has 0 fully saturated rings. The number of fused-ring (bicyclic) bond motifs is 3. The Bertz CT molecular complexity index is 1620. The van der Waals surface area contributed by atoms with Crippen LogP contribution >= 0.6 is 0 Å². The zero-order valence-electron chi connectivity index (χ0n) is 24.0. The predicted octanol–water partition coefficient (Wildman–Crippen LogP) is 6.68. The Morgan fingerprint density at radius 3 is 1.76 bits per heavy atom. The van der Waals surface area contributed by atoms with Crippen molar-refractivity contribution in [2.75, 3.05) is 35.0 Å². The van der Waals surface area contributed by atoms with Gasteiger partial charge in [0.15, 0.2) is 0 Å². The summed E-state index contributed by atoms with van der Waals surface area (Å²) in [6.07, 6.45) is 1.75. The van der Waals surface area contributed by atoms with Crippen molar-refractivity contribution in [1.29, 1.82) is 0 Å². The van der Waals surface area contributed by atoms with Crippen LogP contribution in [-0.2, 0) is 19.7 Å². The molecule has 0 N–H and O–H groups in total. The number of ether oxygens (including phenoxy) is 5. The van der Waals surface area contributed by atoms with Gasteiger partial charge in [-0.2, -0.15) is 0 Å². The maximum Gasteiger partial charge on any atom is 0.338 e. The van der Waals surface area contributed by atoms with E-state index in [0.717, 1.165) is 56.2 Å². The number of esters is 1. The van der Waals surface area contributed by atoms with E-state index in [1.807, 2.05) is 91.0 Å². The third-order valence-corrected chi connectivity index (χ3v) is 8.19. The molecule has 2 aliphatic rings. The molecule has 0 bridgehead atoms. The van der Waals surface area contributed by atoms with Gasteiger partial charge in [-0.3, -0.25) is 0 Å². The SMILES string of the molecule is COC(=O)C1=C(c2ccc(OC)cc2)c2ccccc2C2OCC(c3ccc(OC)cc3)(c3ccc(OC)cc3)C=C12. The maximum atomic E-state index is 13.8. The Morgan fingerprint density at radius 1 is 0.714 bits per heavy atom. The fourth-order valence-electron chi connectivity index (χ4n) is 6.04. The largest absolute Gasteiger partial charge is 0.497 e. The van der Waals surface area contributed by atoms with Crippen LogP contribution in [0.1, 0.15) is 33.9 Å². The van der Waals surface area contributed by atoms with Crippen molar-refractivity contribution in [2.24, 2.45) is 0 Å². The fraction of sp³-hybridized carbons (Fsp3) is 0.194. The fourth-order valence-corrected chi connectivity index (χ4v) is 6.04. The minimum absolute atomic E-state index is 0.362. The summed E-state index contributed by atoms with van der Waals surface area (Å²) in [4.78, 5) is 13.8. The summed E-state index contributed by atoms with van der Waals surface area (Å²) < 4.78 is 28.6. The highest BCUT2D eigenvalue weighted by Gasteiger charge is 2.45. The van der Waals surface area contributed by atoms with Crippen molar-refractivity contribution < 1.29 is 28.5 Å². The molecule has 0 amide bonds. The zero-order chi connectivity index (χ0) is 29.3. The van der Waals surface area contributed by atoms with Gasteiger partial charge in [-0.15, -0.1) is 0 Å². The van der Waals surface area contributed by atoms with Crippen molar-refractivity contribution in [3.63, 3.8) is 0 Å². The normalized spacial score (nSPS) is 17.0. The van der Waals surface area contributed by atoms with Crippen LogP contribution in [0.25, 0.3) is 5.57 Å². The second kappa shape index (κ2) is 11.2. The van der Waals surface area contributed by atoms with E-state index in [9.17, 15) is 4.79 Å². The topological polar surface area (TPSA) is 63.2 Å². The first kappa shape index (κ1) is 27.4. The highest BCUT2D eigenvalue weighted by atomic mass is 16.5. The van der Waals surface area contributed by atoms with Crippen molar-refractivity contribution in [3.05, 3.63) is 142 Å². The molecule has 0 radical (unpaired) electrons. The van der Waals surface area contributed by atoms with Crippen LogP contribution in [0.4, 0.5) is 0 Å². The van der Waals surface area contributed by atoms with Crippen molar-refractivity contribution >= 4 is 11.5 Å². The van der Waals surface area contributed by atoms with Gasteiger partial charge in [-0.1, -0.05) is 66.7 Å². The van der Waals surface area contributed by atoms with E-state index in [0.29, 0.717) is 12.2 Å². The highest BCUT2D eigenvalue weighted by molar-refractivity contribution is 6.08. The summed E-state index contributed by atoms with van der Waals surface area (Å²) >= 11 is 0. The van der Waals surface area contributed by atoms with Crippen LogP contribution in [0.2, 0.25) is 0 Å².